The van der Waals surface area contributed by atoms with Crippen molar-refractivity contribution in [1.82, 2.24) is 29.0 Å². The first-order valence-electron chi connectivity index (χ1n) is 13.3. The van der Waals surface area contributed by atoms with E-state index < -0.39 is 10.0 Å². The largest absolute Gasteiger partial charge is 0.340 e. The Bertz CT molecular complexity index is 1710. The van der Waals surface area contributed by atoms with Gasteiger partial charge in [0.05, 0.1) is 22.1 Å². The van der Waals surface area contributed by atoms with Crippen LogP contribution in [0.3, 0.4) is 0 Å². The number of hydrogen-bond donors (Lipinski definition) is 1. The van der Waals surface area contributed by atoms with Gasteiger partial charge in [-0.15, -0.1) is 0 Å². The van der Waals surface area contributed by atoms with Crippen LogP contribution < -0.4 is 5.32 Å². The number of fused-ring (bicyclic) bond motifs is 1. The summed E-state index contributed by atoms with van der Waals surface area (Å²) in [5.74, 6) is 1.47. The molecule has 3 heterocycles. The predicted octanol–water partition coefficient (Wildman–Crippen LogP) is 4.94. The maximum atomic E-state index is 13.4. The van der Waals surface area contributed by atoms with Crippen LogP contribution in [-0.2, 0) is 10.0 Å². The molecular formula is C30H31N7O2S. The van der Waals surface area contributed by atoms with Gasteiger partial charge in [-0.25, -0.2) is 23.1 Å². The first-order chi connectivity index (χ1) is 19.4. The van der Waals surface area contributed by atoms with Crippen molar-refractivity contribution in [1.29, 1.82) is 0 Å². The zero-order chi connectivity index (χ0) is 27.7. The molecule has 0 aliphatic carbocycles. The maximum absolute atomic E-state index is 13.4. The van der Waals surface area contributed by atoms with Crippen LogP contribution in [0.2, 0.25) is 0 Å². The van der Waals surface area contributed by atoms with Gasteiger partial charge in [0, 0.05) is 49.6 Å². The Morgan fingerprint density at radius 2 is 1.57 bits per heavy atom. The zero-order valence-corrected chi connectivity index (χ0v) is 23.3. The fourth-order valence-corrected chi connectivity index (χ4v) is 6.41. The van der Waals surface area contributed by atoms with Crippen molar-refractivity contribution in [2.24, 2.45) is 0 Å². The molecule has 1 saturated heterocycles. The van der Waals surface area contributed by atoms with Gasteiger partial charge in [-0.05, 0) is 68.4 Å². The van der Waals surface area contributed by atoms with Crippen LogP contribution >= 0.6 is 0 Å². The topological polar surface area (TPSA) is 96.2 Å². The lowest BCUT2D eigenvalue weighted by molar-refractivity contribution is 0.141. The highest BCUT2D eigenvalue weighted by Crippen LogP contribution is 2.29. The van der Waals surface area contributed by atoms with Crippen LogP contribution in [0, 0.1) is 6.92 Å². The number of anilines is 2. The minimum atomic E-state index is -3.60. The van der Waals surface area contributed by atoms with Gasteiger partial charge in [0.25, 0.3) is 0 Å². The Morgan fingerprint density at radius 1 is 0.850 bits per heavy atom. The molecule has 2 aromatic heterocycles. The molecule has 1 unspecified atom stereocenters. The number of nitrogens with one attached hydrogen (secondary N) is 1. The number of sulfonamides is 1. The minimum absolute atomic E-state index is 0.0821. The van der Waals surface area contributed by atoms with E-state index in [1.54, 1.807) is 39.4 Å². The first kappa shape index (κ1) is 26.1. The summed E-state index contributed by atoms with van der Waals surface area (Å²) in [7, 11) is -3.60. The lowest BCUT2D eigenvalue weighted by Gasteiger charge is -2.36. The Kier molecular flexibility index (Phi) is 7.05. The summed E-state index contributed by atoms with van der Waals surface area (Å²) < 4.78 is 30.0. The fourth-order valence-electron chi connectivity index (χ4n) is 4.99. The standard InChI is InChI=1S/C30H31N7O2S/c1-22-8-10-24(11-9-22)32-30-27-6-3-4-7-28(27)33-29(34-30)23(2)35-18-20-36(21-19-35)40(38,39)26-14-12-25(13-15-26)37-17-5-16-31-37/h3-17,23H,18-21H2,1-2H3,(H,32,33,34). The second kappa shape index (κ2) is 10.8. The van der Waals surface area contributed by atoms with Gasteiger partial charge in [0.15, 0.2) is 0 Å². The van der Waals surface area contributed by atoms with Crippen LogP contribution in [-0.4, -0.2) is 63.6 Å². The van der Waals surface area contributed by atoms with Gasteiger partial charge < -0.3 is 5.32 Å². The molecule has 0 bridgehead atoms. The number of aromatic nitrogens is 4. The van der Waals surface area contributed by atoms with E-state index in [-0.39, 0.29) is 10.9 Å². The number of aryl methyl sites for hydroxylation is 1. The summed E-state index contributed by atoms with van der Waals surface area (Å²) in [6.07, 6.45) is 3.51. The molecular weight excluding hydrogens is 522 g/mol. The molecule has 0 radical (unpaired) electrons. The van der Waals surface area contributed by atoms with E-state index in [9.17, 15) is 8.42 Å². The van der Waals surface area contributed by atoms with E-state index in [1.165, 1.54) is 5.56 Å². The molecule has 1 fully saturated rings. The molecule has 1 N–H and O–H groups in total. The van der Waals surface area contributed by atoms with Gasteiger partial charge in [0.1, 0.15) is 11.6 Å². The average Bonchev–Trinajstić information content (AvgIpc) is 3.53. The zero-order valence-electron chi connectivity index (χ0n) is 22.5. The van der Waals surface area contributed by atoms with Crippen molar-refractivity contribution in [2.75, 3.05) is 31.5 Å². The second-order valence-electron chi connectivity index (χ2n) is 10.00. The molecule has 40 heavy (non-hydrogen) atoms. The van der Waals surface area contributed by atoms with Crippen molar-refractivity contribution >= 4 is 32.4 Å². The van der Waals surface area contributed by atoms with Crippen molar-refractivity contribution in [3.05, 3.63) is 103 Å². The van der Waals surface area contributed by atoms with Gasteiger partial charge in [-0.1, -0.05) is 29.8 Å². The SMILES string of the molecule is Cc1ccc(Nc2nc(C(C)N3CCN(S(=O)(=O)c4ccc(-n5cccn5)cc4)CC3)nc3ccccc23)cc1. The third-order valence-corrected chi connectivity index (χ3v) is 9.29. The monoisotopic (exact) mass is 553 g/mol. The van der Waals surface area contributed by atoms with Crippen LogP contribution in [0.5, 0.6) is 0 Å². The van der Waals surface area contributed by atoms with Crippen LogP contribution in [0.15, 0.2) is 96.2 Å². The van der Waals surface area contributed by atoms with Crippen molar-refractivity contribution in [3.63, 3.8) is 0 Å². The average molecular weight is 554 g/mol. The number of hydrogen-bond acceptors (Lipinski definition) is 7. The molecule has 1 aliphatic heterocycles. The van der Waals surface area contributed by atoms with Gasteiger partial charge in [0.2, 0.25) is 10.0 Å². The molecule has 0 spiro atoms. The first-order valence-corrected chi connectivity index (χ1v) is 14.8. The Labute approximate surface area is 234 Å². The Balaban J connectivity index is 1.18. The molecule has 0 saturated carbocycles. The van der Waals surface area contributed by atoms with E-state index >= 15 is 0 Å². The molecule has 9 nitrogen and oxygen atoms in total. The van der Waals surface area contributed by atoms with Crippen molar-refractivity contribution < 1.29 is 8.42 Å². The van der Waals surface area contributed by atoms with Gasteiger partial charge in [-0.3, -0.25) is 4.90 Å². The highest BCUT2D eigenvalue weighted by molar-refractivity contribution is 7.89. The third kappa shape index (κ3) is 5.21. The third-order valence-electron chi connectivity index (χ3n) is 7.37. The van der Waals surface area contributed by atoms with Crippen molar-refractivity contribution in [2.45, 2.75) is 24.8 Å². The molecule has 5 aromatic rings. The molecule has 10 heteroatoms. The minimum Gasteiger partial charge on any atom is -0.340 e. The van der Waals surface area contributed by atoms with E-state index in [0.717, 1.165) is 28.1 Å². The lowest BCUT2D eigenvalue weighted by atomic mass is 10.2. The number of piperazine rings is 1. The molecule has 1 aliphatic rings. The quantitative estimate of drug-likeness (QED) is 0.305. The molecule has 0 amide bonds. The van der Waals surface area contributed by atoms with Crippen molar-refractivity contribution in [3.8, 4) is 5.69 Å². The maximum Gasteiger partial charge on any atom is 0.243 e. The van der Waals surface area contributed by atoms with Crippen LogP contribution in [0.1, 0.15) is 24.4 Å². The van der Waals surface area contributed by atoms with Crippen LogP contribution in [0.25, 0.3) is 16.6 Å². The predicted molar refractivity (Wildman–Crippen MR) is 156 cm³/mol. The number of para-hydroxylation sites is 1. The van der Waals surface area contributed by atoms with E-state index in [0.29, 0.717) is 32.0 Å². The summed E-state index contributed by atoms with van der Waals surface area (Å²) >= 11 is 0. The number of rotatable bonds is 7. The highest BCUT2D eigenvalue weighted by Gasteiger charge is 2.31. The van der Waals surface area contributed by atoms with Crippen LogP contribution in [0.4, 0.5) is 11.5 Å². The highest BCUT2D eigenvalue weighted by atomic mass is 32.2. The molecule has 3 aromatic carbocycles. The summed E-state index contributed by atoms with van der Waals surface area (Å²) in [4.78, 5) is 12.3. The van der Waals surface area contributed by atoms with E-state index in [4.69, 9.17) is 9.97 Å². The van der Waals surface area contributed by atoms with Gasteiger partial charge in [-0.2, -0.15) is 9.40 Å². The fraction of sp³-hybridized carbons (Fsp3) is 0.233. The van der Waals surface area contributed by atoms with E-state index in [2.05, 4.69) is 41.3 Å². The van der Waals surface area contributed by atoms with E-state index in [1.807, 2.05) is 48.7 Å². The molecule has 204 valence electrons. The number of benzene rings is 3. The number of nitrogens with zero attached hydrogens (tertiary/aromatic N) is 6. The Hall–Kier alpha value is -4.12. The van der Waals surface area contributed by atoms with Gasteiger partial charge >= 0.3 is 0 Å². The summed E-state index contributed by atoms with van der Waals surface area (Å²) in [5, 5.41) is 8.62. The summed E-state index contributed by atoms with van der Waals surface area (Å²) in [6, 6.07) is 24.8. The molecule has 6 rings (SSSR count). The summed E-state index contributed by atoms with van der Waals surface area (Å²) in [6.45, 7) is 6.11. The Morgan fingerprint density at radius 3 is 2.27 bits per heavy atom. The smallest absolute Gasteiger partial charge is 0.243 e. The lowest BCUT2D eigenvalue weighted by Crippen LogP contribution is -2.49. The summed E-state index contributed by atoms with van der Waals surface area (Å²) in [5.41, 5.74) is 3.84. The molecule has 1 atom stereocenters. The normalized spacial score (nSPS) is 15.8. The second-order valence-corrected chi connectivity index (χ2v) is 11.9.